The van der Waals surface area contributed by atoms with Crippen molar-refractivity contribution in [3.05, 3.63) is 78.0 Å². The number of nitrogens with one attached hydrogen (secondary N) is 1. The fraction of sp³-hybridized carbons (Fsp3) is 0.0588. The monoisotopic (exact) mass is 348 g/mol. The molecule has 0 atom stereocenters. The first-order valence-corrected chi connectivity index (χ1v) is 7.20. The smallest absolute Gasteiger partial charge is 0.313 e. The van der Waals surface area contributed by atoms with Crippen LogP contribution in [0.1, 0.15) is 11.3 Å². The van der Waals surface area contributed by atoms with Gasteiger partial charge in [-0.1, -0.05) is 12.1 Å². The largest absolute Gasteiger partial charge is 0.417 e. The Hall–Kier alpha value is -3.16. The average molecular weight is 348 g/mol. The molecule has 1 aromatic carbocycles. The highest BCUT2D eigenvalue weighted by molar-refractivity contribution is 5.79. The van der Waals surface area contributed by atoms with Crippen LogP contribution in [-0.2, 0) is 6.18 Å². The van der Waals surface area contributed by atoms with Gasteiger partial charge < -0.3 is 4.57 Å². The maximum Gasteiger partial charge on any atom is 0.417 e. The summed E-state index contributed by atoms with van der Waals surface area (Å²) >= 11 is 0. The van der Waals surface area contributed by atoms with Crippen LogP contribution >= 0.6 is 0 Å². The first kappa shape index (κ1) is 16.7. The molecular formula is C17H12F4N4. The van der Waals surface area contributed by atoms with Gasteiger partial charge in [0.1, 0.15) is 11.6 Å². The molecule has 2 heterocycles. The summed E-state index contributed by atoms with van der Waals surface area (Å²) in [6.45, 7) is 0. The first-order chi connectivity index (χ1) is 11.9. The minimum atomic E-state index is -4.44. The van der Waals surface area contributed by atoms with E-state index in [1.165, 1.54) is 18.3 Å². The Balaban J connectivity index is 1.74. The van der Waals surface area contributed by atoms with Gasteiger partial charge in [0.05, 0.1) is 23.2 Å². The standard InChI is InChI=1S/C17H12F4N4/c18-14-5-1-2-6-15(14)25-9-3-4-13(25)11-23-24-16-8-7-12(10-22-16)17(19,20)21/h1-11H,(H,22,24)/b23-11-. The van der Waals surface area contributed by atoms with Crippen LogP contribution < -0.4 is 5.43 Å². The van der Waals surface area contributed by atoms with Gasteiger partial charge in [-0.2, -0.15) is 18.3 Å². The average Bonchev–Trinajstić information content (AvgIpc) is 3.03. The van der Waals surface area contributed by atoms with Gasteiger partial charge in [0, 0.05) is 12.4 Å². The predicted octanol–water partition coefficient (Wildman–Crippen LogP) is 4.48. The molecule has 0 radical (unpaired) electrons. The molecular weight excluding hydrogens is 336 g/mol. The molecule has 0 fully saturated rings. The highest BCUT2D eigenvalue weighted by atomic mass is 19.4. The summed E-state index contributed by atoms with van der Waals surface area (Å²) in [6, 6.07) is 11.8. The van der Waals surface area contributed by atoms with Gasteiger partial charge in [-0.25, -0.2) is 9.37 Å². The molecule has 0 saturated heterocycles. The van der Waals surface area contributed by atoms with E-state index in [0.717, 1.165) is 12.3 Å². The molecule has 1 N–H and O–H groups in total. The summed E-state index contributed by atoms with van der Waals surface area (Å²) in [5.74, 6) is -0.223. The van der Waals surface area contributed by atoms with Crippen molar-refractivity contribution < 1.29 is 17.6 Å². The molecule has 0 saturated carbocycles. The third-order valence-corrected chi connectivity index (χ3v) is 3.36. The fourth-order valence-corrected chi connectivity index (χ4v) is 2.16. The fourth-order valence-electron chi connectivity index (χ4n) is 2.16. The van der Waals surface area contributed by atoms with E-state index in [2.05, 4.69) is 15.5 Å². The van der Waals surface area contributed by atoms with Crippen LogP contribution in [0.4, 0.5) is 23.4 Å². The van der Waals surface area contributed by atoms with Crippen molar-refractivity contribution in [2.24, 2.45) is 5.10 Å². The Morgan fingerprint density at radius 1 is 1.04 bits per heavy atom. The van der Waals surface area contributed by atoms with E-state index in [1.807, 2.05) is 0 Å². The zero-order valence-corrected chi connectivity index (χ0v) is 12.7. The molecule has 0 unspecified atom stereocenters. The van der Waals surface area contributed by atoms with Crippen LogP contribution in [0, 0.1) is 5.82 Å². The van der Waals surface area contributed by atoms with Crippen molar-refractivity contribution >= 4 is 12.0 Å². The number of hydrogen-bond donors (Lipinski definition) is 1. The second-order valence-corrected chi connectivity index (χ2v) is 5.05. The van der Waals surface area contributed by atoms with E-state index in [0.29, 0.717) is 11.4 Å². The number of nitrogens with zero attached hydrogens (tertiary/aromatic N) is 3. The third-order valence-electron chi connectivity index (χ3n) is 3.36. The molecule has 2 aromatic heterocycles. The second kappa shape index (κ2) is 6.76. The lowest BCUT2D eigenvalue weighted by molar-refractivity contribution is -0.137. The zero-order chi connectivity index (χ0) is 17.9. The van der Waals surface area contributed by atoms with Crippen LogP contribution in [0.3, 0.4) is 0 Å². The minimum Gasteiger partial charge on any atom is -0.313 e. The molecule has 0 spiro atoms. The number of rotatable bonds is 4. The van der Waals surface area contributed by atoms with Crippen LogP contribution in [-0.4, -0.2) is 15.8 Å². The molecule has 0 amide bonds. The lowest BCUT2D eigenvalue weighted by Gasteiger charge is -2.07. The summed E-state index contributed by atoms with van der Waals surface area (Å²) in [5.41, 5.74) is 2.65. The van der Waals surface area contributed by atoms with Crippen molar-refractivity contribution in [3.8, 4) is 5.69 Å². The van der Waals surface area contributed by atoms with Gasteiger partial charge in [0.2, 0.25) is 0 Å². The van der Waals surface area contributed by atoms with Crippen molar-refractivity contribution in [1.29, 1.82) is 0 Å². The van der Waals surface area contributed by atoms with Gasteiger partial charge in [-0.15, -0.1) is 0 Å². The molecule has 4 nitrogen and oxygen atoms in total. The van der Waals surface area contributed by atoms with Crippen LogP contribution in [0.5, 0.6) is 0 Å². The van der Waals surface area contributed by atoms with E-state index in [9.17, 15) is 17.6 Å². The molecule has 8 heteroatoms. The molecule has 0 bridgehead atoms. The Labute approximate surface area is 140 Å². The minimum absolute atomic E-state index is 0.160. The topological polar surface area (TPSA) is 42.2 Å². The molecule has 128 valence electrons. The Morgan fingerprint density at radius 3 is 2.52 bits per heavy atom. The van der Waals surface area contributed by atoms with Gasteiger partial charge in [-0.05, 0) is 36.4 Å². The summed E-state index contributed by atoms with van der Waals surface area (Å²) < 4.78 is 52.9. The number of aromatic nitrogens is 2. The van der Waals surface area contributed by atoms with Crippen molar-refractivity contribution in [1.82, 2.24) is 9.55 Å². The van der Waals surface area contributed by atoms with Crippen LogP contribution in [0.15, 0.2) is 66.0 Å². The number of halogens is 4. The van der Waals surface area contributed by atoms with Crippen molar-refractivity contribution in [2.45, 2.75) is 6.18 Å². The van der Waals surface area contributed by atoms with Gasteiger partial charge in [-0.3, -0.25) is 5.43 Å². The highest BCUT2D eigenvalue weighted by Crippen LogP contribution is 2.28. The van der Waals surface area contributed by atoms with E-state index in [4.69, 9.17) is 0 Å². The van der Waals surface area contributed by atoms with Crippen LogP contribution in [0.25, 0.3) is 5.69 Å². The number of anilines is 1. The molecule has 0 aliphatic carbocycles. The summed E-state index contributed by atoms with van der Waals surface area (Å²) in [4.78, 5) is 3.65. The number of hydrogen-bond acceptors (Lipinski definition) is 3. The Morgan fingerprint density at radius 2 is 1.84 bits per heavy atom. The van der Waals surface area contributed by atoms with E-state index >= 15 is 0 Å². The van der Waals surface area contributed by atoms with E-state index in [-0.39, 0.29) is 11.6 Å². The van der Waals surface area contributed by atoms with E-state index in [1.54, 1.807) is 41.1 Å². The lowest BCUT2D eigenvalue weighted by Crippen LogP contribution is -2.06. The normalized spacial score (nSPS) is 11.8. The van der Waals surface area contributed by atoms with Gasteiger partial charge >= 0.3 is 6.18 Å². The molecule has 0 aliphatic rings. The summed E-state index contributed by atoms with van der Waals surface area (Å²) in [7, 11) is 0. The number of hydrazone groups is 1. The Bertz CT molecular complexity index is 882. The van der Waals surface area contributed by atoms with Gasteiger partial charge in [0.15, 0.2) is 0 Å². The maximum atomic E-state index is 13.9. The number of alkyl halides is 3. The predicted molar refractivity (Wildman–Crippen MR) is 86.2 cm³/mol. The summed E-state index contributed by atoms with van der Waals surface area (Å²) in [5, 5.41) is 3.93. The zero-order valence-electron chi connectivity index (χ0n) is 12.7. The van der Waals surface area contributed by atoms with Crippen molar-refractivity contribution in [2.75, 3.05) is 5.43 Å². The lowest BCUT2D eigenvalue weighted by atomic mass is 10.3. The molecule has 3 aromatic rings. The Kier molecular flexibility index (Phi) is 4.51. The highest BCUT2D eigenvalue weighted by Gasteiger charge is 2.30. The number of benzene rings is 1. The quantitative estimate of drug-likeness (QED) is 0.429. The van der Waals surface area contributed by atoms with E-state index < -0.39 is 11.7 Å². The SMILES string of the molecule is Fc1ccccc1-n1cccc1/C=N\Nc1ccc(C(F)(F)F)cn1. The maximum absolute atomic E-state index is 13.9. The molecule has 25 heavy (non-hydrogen) atoms. The summed E-state index contributed by atoms with van der Waals surface area (Å²) in [6.07, 6.45) is -0.614. The van der Waals surface area contributed by atoms with Gasteiger partial charge in [0.25, 0.3) is 0 Å². The number of pyridine rings is 1. The van der Waals surface area contributed by atoms with Crippen molar-refractivity contribution in [3.63, 3.8) is 0 Å². The molecule has 3 rings (SSSR count). The second-order valence-electron chi connectivity index (χ2n) is 5.05. The third kappa shape index (κ3) is 3.85. The number of para-hydroxylation sites is 1. The first-order valence-electron chi connectivity index (χ1n) is 7.20. The molecule has 0 aliphatic heterocycles. The van der Waals surface area contributed by atoms with Crippen LogP contribution in [0.2, 0.25) is 0 Å².